The minimum atomic E-state index is -1.42. The van der Waals surface area contributed by atoms with E-state index < -0.39 is 46.8 Å². The maximum Gasteiger partial charge on any atom is 0.260 e. The Hall–Kier alpha value is -5.80. The molecule has 1 saturated carbocycles. The lowest BCUT2D eigenvalue weighted by Gasteiger charge is -2.50. The Morgan fingerprint density at radius 3 is 2.29 bits per heavy atom. The molecule has 0 radical (unpaired) electrons. The molecule has 8 rings (SSSR count). The van der Waals surface area contributed by atoms with Crippen LogP contribution in [0.2, 0.25) is 0 Å². The first-order valence-electron chi connectivity index (χ1n) is 17.7. The number of hydrazine groups is 1. The van der Waals surface area contributed by atoms with Crippen LogP contribution >= 0.6 is 0 Å². The number of allylic oxidation sites excluding steroid dienone is 2. The Morgan fingerprint density at radius 1 is 0.865 bits per heavy atom. The highest BCUT2D eigenvalue weighted by atomic mass is 16.5. The molecule has 2 aliphatic heterocycles. The second-order valence-corrected chi connectivity index (χ2v) is 14.0. The molecule has 262 valence electrons. The number of rotatable bonds is 9. The van der Waals surface area contributed by atoms with Crippen LogP contribution in [-0.4, -0.2) is 47.0 Å². The predicted molar refractivity (Wildman–Crippen MR) is 197 cm³/mol. The van der Waals surface area contributed by atoms with Crippen LogP contribution in [0.5, 0.6) is 5.75 Å². The fraction of sp³-hybridized carbons (Fsp3) is 0.256. The van der Waals surface area contributed by atoms with Crippen molar-refractivity contribution >= 4 is 41.1 Å². The average molecular weight is 694 g/mol. The third-order valence-electron chi connectivity index (χ3n) is 11.4. The minimum Gasteiger partial charge on any atom is -0.491 e. The van der Waals surface area contributed by atoms with Crippen LogP contribution in [0.4, 0.5) is 11.4 Å². The molecule has 4 aromatic carbocycles. The van der Waals surface area contributed by atoms with Crippen LogP contribution in [0.15, 0.2) is 121 Å². The van der Waals surface area contributed by atoms with E-state index in [1.165, 1.54) is 4.90 Å². The molecule has 2 N–H and O–H groups in total. The van der Waals surface area contributed by atoms with Crippen molar-refractivity contribution in [2.24, 2.45) is 23.7 Å². The standard InChI is InChI=1S/C43H39N3O6/c1-3-27-15-19-30(20-16-27)45-39(48)33-22-21-31-34(37(33)41(45)50)25-35-40(49)46(44-29-17-13-26(2)14-18-29)42(51)43(35,28-9-5-4-6-10-28)38(31)32-11-7-8-12-36(32)52-24-23-47/h3-21,33-35,37-38,44,47H,1,22-25H2,2H3/t33-,34+,35-,37-,38+,43+/m0/s1. The number of para-hydroxylation sites is 1. The second kappa shape index (κ2) is 13.1. The number of imide groups is 2. The number of aliphatic hydroxyl groups excluding tert-OH is 1. The van der Waals surface area contributed by atoms with Crippen LogP contribution < -0.4 is 15.1 Å². The summed E-state index contributed by atoms with van der Waals surface area (Å²) in [5.41, 5.74) is 6.88. The number of anilines is 2. The van der Waals surface area contributed by atoms with Crippen LogP contribution in [0, 0.1) is 30.6 Å². The fourth-order valence-corrected chi connectivity index (χ4v) is 9.11. The van der Waals surface area contributed by atoms with Gasteiger partial charge in [0.05, 0.1) is 41.2 Å². The summed E-state index contributed by atoms with van der Waals surface area (Å²) in [6.45, 7) is 5.58. The van der Waals surface area contributed by atoms with Gasteiger partial charge < -0.3 is 9.84 Å². The summed E-state index contributed by atoms with van der Waals surface area (Å²) in [5, 5.41) is 10.9. The third-order valence-corrected chi connectivity index (χ3v) is 11.4. The molecule has 9 heteroatoms. The largest absolute Gasteiger partial charge is 0.491 e. The van der Waals surface area contributed by atoms with Gasteiger partial charge in [0.15, 0.2) is 0 Å². The lowest BCUT2D eigenvalue weighted by molar-refractivity contribution is -0.138. The number of nitrogens with zero attached hydrogens (tertiary/aromatic N) is 2. The van der Waals surface area contributed by atoms with E-state index in [1.54, 1.807) is 24.3 Å². The van der Waals surface area contributed by atoms with Crippen molar-refractivity contribution in [3.8, 4) is 5.75 Å². The second-order valence-electron chi connectivity index (χ2n) is 14.0. The number of ether oxygens (including phenoxy) is 1. The number of carbonyl (C=O) groups is 4. The van der Waals surface area contributed by atoms with Crippen LogP contribution in [0.1, 0.15) is 41.0 Å². The van der Waals surface area contributed by atoms with Gasteiger partial charge in [0, 0.05) is 11.5 Å². The molecule has 9 nitrogen and oxygen atoms in total. The van der Waals surface area contributed by atoms with Crippen molar-refractivity contribution in [1.82, 2.24) is 5.01 Å². The minimum absolute atomic E-state index is 0.0270. The Bertz CT molecular complexity index is 2110. The summed E-state index contributed by atoms with van der Waals surface area (Å²) in [5.74, 6) is -4.38. The van der Waals surface area contributed by atoms with E-state index in [0.717, 1.165) is 21.7 Å². The van der Waals surface area contributed by atoms with Gasteiger partial charge in [0.25, 0.3) is 11.8 Å². The van der Waals surface area contributed by atoms with Gasteiger partial charge in [-0.2, -0.15) is 5.01 Å². The van der Waals surface area contributed by atoms with Crippen molar-refractivity contribution < 1.29 is 29.0 Å². The molecule has 2 heterocycles. The molecular weight excluding hydrogens is 654 g/mol. The van der Waals surface area contributed by atoms with Gasteiger partial charge in [-0.3, -0.25) is 29.5 Å². The molecule has 0 unspecified atom stereocenters. The monoisotopic (exact) mass is 693 g/mol. The Balaban J connectivity index is 1.31. The Labute approximate surface area is 302 Å². The molecule has 4 aromatic rings. The summed E-state index contributed by atoms with van der Waals surface area (Å²) >= 11 is 0. The highest BCUT2D eigenvalue weighted by molar-refractivity contribution is 6.22. The van der Waals surface area contributed by atoms with E-state index in [9.17, 15) is 19.5 Å². The first-order valence-corrected chi connectivity index (χ1v) is 17.7. The number of hydrogen-bond donors (Lipinski definition) is 2. The van der Waals surface area contributed by atoms with Gasteiger partial charge in [0.1, 0.15) is 12.4 Å². The van der Waals surface area contributed by atoms with Crippen LogP contribution in [-0.2, 0) is 24.6 Å². The average Bonchev–Trinajstić information content (AvgIpc) is 3.56. The van der Waals surface area contributed by atoms with E-state index in [4.69, 9.17) is 4.74 Å². The number of fused-ring (bicyclic) bond motifs is 4. The zero-order chi connectivity index (χ0) is 36.1. The van der Waals surface area contributed by atoms with Crippen LogP contribution in [0.25, 0.3) is 6.08 Å². The van der Waals surface area contributed by atoms with Crippen molar-refractivity contribution in [2.45, 2.75) is 31.1 Å². The van der Waals surface area contributed by atoms with Crippen molar-refractivity contribution in [2.75, 3.05) is 23.5 Å². The predicted octanol–water partition coefficient (Wildman–Crippen LogP) is 6.20. The summed E-state index contributed by atoms with van der Waals surface area (Å²) < 4.78 is 6.12. The molecule has 0 spiro atoms. The van der Waals surface area contributed by atoms with Gasteiger partial charge in [-0.15, -0.1) is 0 Å². The summed E-state index contributed by atoms with van der Waals surface area (Å²) in [6, 6.07) is 31.4. The SMILES string of the molecule is C=Cc1ccc(N2C(=O)[C@H]3[C@H](CC=C4[C@H]3C[C@H]3C(=O)N(Nc5ccc(C)cc5)C(=O)[C@@]3(c3ccccc3)[C@H]4c3ccccc3OCCO)C2=O)cc1. The molecule has 0 bridgehead atoms. The number of aryl methyl sites for hydroxylation is 1. The summed E-state index contributed by atoms with van der Waals surface area (Å²) in [7, 11) is 0. The molecule has 3 fully saturated rings. The Morgan fingerprint density at radius 2 is 1.58 bits per heavy atom. The molecule has 52 heavy (non-hydrogen) atoms. The van der Waals surface area contributed by atoms with E-state index >= 15 is 4.79 Å². The third kappa shape index (κ3) is 5.02. The first-order chi connectivity index (χ1) is 25.3. The van der Waals surface area contributed by atoms with Crippen molar-refractivity contribution in [1.29, 1.82) is 0 Å². The highest BCUT2D eigenvalue weighted by Gasteiger charge is 2.70. The van der Waals surface area contributed by atoms with E-state index in [2.05, 4.69) is 12.0 Å². The number of nitrogens with one attached hydrogen (secondary N) is 1. The number of aliphatic hydroxyl groups is 1. The lowest BCUT2D eigenvalue weighted by Crippen LogP contribution is -2.53. The zero-order valence-corrected chi connectivity index (χ0v) is 28.8. The number of amides is 4. The lowest BCUT2D eigenvalue weighted by atomic mass is 9.49. The summed E-state index contributed by atoms with van der Waals surface area (Å²) in [4.78, 5) is 60.2. The quantitative estimate of drug-likeness (QED) is 0.159. The maximum absolute atomic E-state index is 15.4. The molecule has 6 atom stereocenters. The van der Waals surface area contributed by atoms with Crippen molar-refractivity contribution in [3.63, 3.8) is 0 Å². The maximum atomic E-state index is 15.4. The normalized spacial score (nSPS) is 26.4. The highest BCUT2D eigenvalue weighted by Crippen LogP contribution is 2.65. The molecule has 2 saturated heterocycles. The van der Waals surface area contributed by atoms with Gasteiger partial charge in [0.2, 0.25) is 11.8 Å². The first kappa shape index (κ1) is 33.3. The number of carbonyl (C=O) groups excluding carboxylic acids is 4. The van der Waals surface area contributed by atoms with Gasteiger partial charge >= 0.3 is 0 Å². The molecule has 0 aromatic heterocycles. The molecule has 4 amide bonds. The molecular formula is C43H39N3O6. The van der Waals surface area contributed by atoms with E-state index in [-0.39, 0.29) is 31.4 Å². The van der Waals surface area contributed by atoms with Crippen molar-refractivity contribution in [3.05, 3.63) is 144 Å². The van der Waals surface area contributed by atoms with E-state index in [0.29, 0.717) is 34.7 Å². The summed E-state index contributed by atoms with van der Waals surface area (Å²) in [6.07, 6.45) is 4.23. The molecule has 4 aliphatic rings. The van der Waals surface area contributed by atoms with E-state index in [1.807, 2.05) is 97.9 Å². The fourth-order valence-electron chi connectivity index (χ4n) is 9.11. The smallest absolute Gasteiger partial charge is 0.260 e. The number of benzene rings is 4. The van der Waals surface area contributed by atoms with Gasteiger partial charge in [-0.25, -0.2) is 0 Å². The van der Waals surface area contributed by atoms with Gasteiger partial charge in [-0.1, -0.05) is 103 Å². The topological polar surface area (TPSA) is 116 Å². The zero-order valence-electron chi connectivity index (χ0n) is 28.8. The van der Waals surface area contributed by atoms with Crippen LogP contribution in [0.3, 0.4) is 0 Å². The van der Waals surface area contributed by atoms with Gasteiger partial charge in [-0.05, 0) is 67.1 Å². The number of hydrogen-bond acceptors (Lipinski definition) is 7. The Kier molecular flexibility index (Phi) is 8.38. The molecule has 2 aliphatic carbocycles.